The van der Waals surface area contributed by atoms with Gasteiger partial charge in [0.1, 0.15) is 0 Å². The average molecular weight is 172 g/mol. The molecule has 1 aliphatic carbocycles. The smallest absolute Gasteiger partial charge is 0.248 e. The zero-order valence-electron chi connectivity index (χ0n) is 5.65. The van der Waals surface area contributed by atoms with Crippen LogP contribution in [0, 0.1) is 5.92 Å². The molecule has 1 nitrogen and oxygen atoms in total. The van der Waals surface area contributed by atoms with Crippen molar-refractivity contribution < 1.29 is 8.78 Å². The number of alkyl halides is 2. The molecule has 1 saturated carbocycles. The van der Waals surface area contributed by atoms with E-state index in [4.69, 9.17) is 5.73 Å². The lowest BCUT2D eigenvalue weighted by Gasteiger charge is -2.06. The van der Waals surface area contributed by atoms with Crippen LogP contribution in [0.2, 0.25) is 0 Å². The maximum Gasteiger partial charge on any atom is 0.248 e. The Morgan fingerprint density at radius 2 is 2.10 bits per heavy atom. The lowest BCUT2D eigenvalue weighted by Crippen LogP contribution is -2.14. The van der Waals surface area contributed by atoms with E-state index in [1.54, 1.807) is 0 Å². The van der Waals surface area contributed by atoms with Crippen molar-refractivity contribution in [3.05, 3.63) is 0 Å². The molecule has 0 aromatic heterocycles. The van der Waals surface area contributed by atoms with Crippen molar-refractivity contribution in [1.29, 1.82) is 0 Å². The predicted octanol–water partition coefficient (Wildman–Crippen LogP) is 1.80. The van der Waals surface area contributed by atoms with Crippen molar-refractivity contribution in [3.63, 3.8) is 0 Å². The van der Waals surface area contributed by atoms with Crippen molar-refractivity contribution in [1.82, 2.24) is 0 Å². The maximum absolute atomic E-state index is 12.3. The molecular weight excluding hydrogens is 160 g/mol. The lowest BCUT2D eigenvalue weighted by molar-refractivity contribution is 0.00540. The first-order valence-corrected chi connectivity index (χ1v) is 3.22. The fraction of sp³-hybridized carbons (Fsp3) is 1.00. The van der Waals surface area contributed by atoms with Gasteiger partial charge in [-0.1, -0.05) is 0 Å². The van der Waals surface area contributed by atoms with E-state index in [9.17, 15) is 8.78 Å². The minimum atomic E-state index is -2.41. The summed E-state index contributed by atoms with van der Waals surface area (Å²) in [5.41, 5.74) is 5.22. The van der Waals surface area contributed by atoms with E-state index in [1.165, 1.54) is 0 Å². The monoisotopic (exact) mass is 171 g/mol. The van der Waals surface area contributed by atoms with E-state index in [1.807, 2.05) is 0 Å². The molecule has 0 amide bonds. The lowest BCUT2D eigenvalue weighted by atomic mass is 10.1. The van der Waals surface area contributed by atoms with Crippen LogP contribution in [0.5, 0.6) is 0 Å². The third kappa shape index (κ3) is 2.39. The highest BCUT2D eigenvalue weighted by Crippen LogP contribution is 2.37. The molecule has 1 rings (SSSR count). The van der Waals surface area contributed by atoms with Gasteiger partial charge in [-0.2, -0.15) is 0 Å². The van der Waals surface area contributed by atoms with Crippen LogP contribution in [0.25, 0.3) is 0 Å². The number of rotatable bonds is 1. The molecule has 0 aromatic rings. The van der Waals surface area contributed by atoms with Crippen molar-refractivity contribution in [2.45, 2.75) is 25.2 Å². The SMILES string of the molecule is Cl.NCC1CCC(F)(F)C1. The molecule has 1 unspecified atom stereocenters. The molecule has 2 N–H and O–H groups in total. The van der Waals surface area contributed by atoms with Crippen molar-refractivity contribution >= 4 is 12.4 Å². The third-order valence-corrected chi connectivity index (χ3v) is 1.84. The van der Waals surface area contributed by atoms with Crippen LogP contribution in [-0.4, -0.2) is 12.5 Å². The molecule has 10 heavy (non-hydrogen) atoms. The quantitative estimate of drug-likeness (QED) is 0.640. The van der Waals surface area contributed by atoms with Crippen LogP contribution in [-0.2, 0) is 0 Å². The van der Waals surface area contributed by atoms with Crippen LogP contribution in [0.15, 0.2) is 0 Å². The number of hydrogen-bond donors (Lipinski definition) is 1. The largest absolute Gasteiger partial charge is 0.330 e. The molecule has 1 aliphatic rings. The molecule has 1 fully saturated rings. The van der Waals surface area contributed by atoms with Gasteiger partial charge in [0, 0.05) is 12.8 Å². The van der Waals surface area contributed by atoms with Crippen LogP contribution in [0.4, 0.5) is 8.78 Å². The summed E-state index contributed by atoms with van der Waals surface area (Å²) in [5, 5.41) is 0. The van der Waals surface area contributed by atoms with Crippen LogP contribution in [0.3, 0.4) is 0 Å². The van der Waals surface area contributed by atoms with Gasteiger partial charge in [-0.3, -0.25) is 0 Å². The van der Waals surface area contributed by atoms with Gasteiger partial charge in [0.2, 0.25) is 5.92 Å². The molecular formula is C6H12ClF2N. The predicted molar refractivity (Wildman–Crippen MR) is 38.6 cm³/mol. The summed E-state index contributed by atoms with van der Waals surface area (Å²) in [4.78, 5) is 0. The Hall–Kier alpha value is 0.110. The molecule has 1 atom stereocenters. The summed E-state index contributed by atoms with van der Waals surface area (Å²) in [6.07, 6.45) is 0.641. The highest BCUT2D eigenvalue weighted by Gasteiger charge is 2.38. The topological polar surface area (TPSA) is 26.0 Å². The molecule has 0 aromatic carbocycles. The second-order valence-corrected chi connectivity index (χ2v) is 2.70. The van der Waals surface area contributed by atoms with Gasteiger partial charge in [0.15, 0.2) is 0 Å². The third-order valence-electron chi connectivity index (χ3n) is 1.84. The summed E-state index contributed by atoms with van der Waals surface area (Å²) in [6, 6.07) is 0. The number of hydrogen-bond acceptors (Lipinski definition) is 1. The fourth-order valence-electron chi connectivity index (χ4n) is 1.24. The molecule has 0 spiro atoms. The van der Waals surface area contributed by atoms with Crippen molar-refractivity contribution in [2.24, 2.45) is 11.7 Å². The zero-order valence-corrected chi connectivity index (χ0v) is 6.46. The Labute approximate surface area is 65.4 Å². The van der Waals surface area contributed by atoms with Gasteiger partial charge in [0.25, 0.3) is 0 Å². The van der Waals surface area contributed by atoms with Gasteiger partial charge in [-0.05, 0) is 18.9 Å². The molecule has 62 valence electrons. The summed E-state index contributed by atoms with van der Waals surface area (Å²) >= 11 is 0. The normalized spacial score (nSPS) is 29.7. The Kier molecular flexibility index (Phi) is 3.52. The summed E-state index contributed by atoms with van der Waals surface area (Å²) in [7, 11) is 0. The zero-order chi connectivity index (χ0) is 6.91. The molecule has 0 bridgehead atoms. The van der Waals surface area contributed by atoms with E-state index in [0.29, 0.717) is 13.0 Å². The number of nitrogens with two attached hydrogens (primary N) is 1. The molecule has 0 radical (unpaired) electrons. The van der Waals surface area contributed by atoms with E-state index < -0.39 is 5.92 Å². The van der Waals surface area contributed by atoms with E-state index in [2.05, 4.69) is 0 Å². The first-order valence-electron chi connectivity index (χ1n) is 3.22. The second kappa shape index (κ2) is 3.49. The minimum Gasteiger partial charge on any atom is -0.330 e. The van der Waals surface area contributed by atoms with Crippen molar-refractivity contribution in [3.8, 4) is 0 Å². The molecule has 4 heteroatoms. The van der Waals surface area contributed by atoms with Crippen molar-refractivity contribution in [2.75, 3.05) is 6.54 Å². The average Bonchev–Trinajstić information content (AvgIpc) is 2.10. The fourth-order valence-corrected chi connectivity index (χ4v) is 1.24. The van der Waals surface area contributed by atoms with Crippen LogP contribution < -0.4 is 5.73 Å². The molecule has 0 saturated heterocycles. The first kappa shape index (κ1) is 10.1. The summed E-state index contributed by atoms with van der Waals surface area (Å²) in [5.74, 6) is -2.34. The van der Waals surface area contributed by atoms with E-state index in [0.717, 1.165) is 0 Å². The van der Waals surface area contributed by atoms with Gasteiger partial charge in [-0.25, -0.2) is 8.78 Å². The highest BCUT2D eigenvalue weighted by molar-refractivity contribution is 5.85. The highest BCUT2D eigenvalue weighted by atomic mass is 35.5. The van der Waals surface area contributed by atoms with Gasteiger partial charge in [0.05, 0.1) is 0 Å². The van der Waals surface area contributed by atoms with E-state index >= 15 is 0 Å². The Morgan fingerprint density at radius 1 is 1.50 bits per heavy atom. The Morgan fingerprint density at radius 3 is 2.30 bits per heavy atom. The number of halogens is 3. The van der Waals surface area contributed by atoms with Gasteiger partial charge < -0.3 is 5.73 Å². The summed E-state index contributed by atoms with van der Waals surface area (Å²) < 4.78 is 24.7. The Bertz CT molecular complexity index is 108. The second-order valence-electron chi connectivity index (χ2n) is 2.70. The van der Waals surface area contributed by atoms with Crippen LogP contribution >= 0.6 is 12.4 Å². The standard InChI is InChI=1S/C6H11F2N.ClH/c7-6(8)2-1-5(3-6)4-9;/h5H,1-4,9H2;1H. The Balaban J connectivity index is 0.000000810. The molecule has 0 aliphatic heterocycles. The van der Waals surface area contributed by atoms with Crippen LogP contribution in [0.1, 0.15) is 19.3 Å². The minimum absolute atomic E-state index is 0. The first-order chi connectivity index (χ1) is 4.14. The maximum atomic E-state index is 12.3. The van der Waals surface area contributed by atoms with Gasteiger partial charge in [-0.15, -0.1) is 12.4 Å². The molecule has 0 heterocycles. The summed E-state index contributed by atoms with van der Waals surface area (Å²) in [6.45, 7) is 0.412. The van der Waals surface area contributed by atoms with E-state index in [-0.39, 0.29) is 31.2 Å². The van der Waals surface area contributed by atoms with Gasteiger partial charge >= 0.3 is 0 Å².